The molecule has 0 amide bonds. The zero-order chi connectivity index (χ0) is 14.8. The minimum atomic E-state index is -3.78. The van der Waals surface area contributed by atoms with Crippen LogP contribution in [0.1, 0.15) is 5.56 Å². The Kier molecular flexibility index (Phi) is 3.59. The molecule has 1 aromatic carbocycles. The molecule has 0 unspecified atom stereocenters. The molecule has 7 heteroatoms. The van der Waals surface area contributed by atoms with Crippen molar-refractivity contribution in [3.05, 3.63) is 48.2 Å². The van der Waals surface area contributed by atoms with E-state index in [1.54, 1.807) is 24.3 Å². The molecule has 0 atom stereocenters. The van der Waals surface area contributed by atoms with Gasteiger partial charge in [-0.1, -0.05) is 0 Å². The number of benzene rings is 1. The number of nitrogens with zero attached hydrogens (tertiary/aromatic N) is 3. The van der Waals surface area contributed by atoms with Crippen LogP contribution in [0.5, 0.6) is 0 Å². The maximum absolute atomic E-state index is 12.4. The highest BCUT2D eigenvalue weighted by Crippen LogP contribution is 2.24. The molecule has 0 aliphatic rings. The molecule has 102 valence electrons. The molecule has 2 N–H and O–H groups in total. The number of nitrogen functional groups attached to an aromatic ring is 1. The van der Waals surface area contributed by atoms with E-state index < -0.39 is 10.0 Å². The van der Waals surface area contributed by atoms with Gasteiger partial charge in [0.25, 0.3) is 10.0 Å². The summed E-state index contributed by atoms with van der Waals surface area (Å²) in [5, 5.41) is 8.73. The molecule has 0 spiro atoms. The molecule has 6 nitrogen and oxygen atoms in total. The number of sulfonamides is 1. The van der Waals surface area contributed by atoms with Gasteiger partial charge >= 0.3 is 0 Å². The van der Waals surface area contributed by atoms with Gasteiger partial charge in [0.15, 0.2) is 0 Å². The van der Waals surface area contributed by atoms with Crippen molar-refractivity contribution in [1.29, 1.82) is 5.26 Å². The van der Waals surface area contributed by atoms with Crippen molar-refractivity contribution in [3.63, 3.8) is 0 Å². The van der Waals surface area contributed by atoms with Crippen LogP contribution in [0, 0.1) is 11.3 Å². The molecular weight excluding hydrogens is 276 g/mol. The van der Waals surface area contributed by atoms with Crippen LogP contribution in [0.4, 0.5) is 11.5 Å². The normalized spacial score (nSPS) is 10.8. The van der Waals surface area contributed by atoms with Crippen LogP contribution in [-0.2, 0) is 10.0 Å². The van der Waals surface area contributed by atoms with Gasteiger partial charge in [-0.2, -0.15) is 5.26 Å². The lowest BCUT2D eigenvalue weighted by Gasteiger charge is -2.20. The Morgan fingerprint density at radius 1 is 1.25 bits per heavy atom. The Labute approximate surface area is 117 Å². The quantitative estimate of drug-likeness (QED) is 0.919. The first-order chi connectivity index (χ1) is 9.46. The van der Waals surface area contributed by atoms with Gasteiger partial charge in [0.05, 0.1) is 17.3 Å². The van der Waals surface area contributed by atoms with Gasteiger partial charge in [-0.15, -0.1) is 0 Å². The molecule has 1 aromatic heterocycles. The minimum Gasteiger partial charge on any atom is -0.383 e. The Balaban J connectivity index is 2.44. The number of hydrogen-bond donors (Lipinski definition) is 1. The summed E-state index contributed by atoms with van der Waals surface area (Å²) in [6.45, 7) is 0. The molecule has 2 aromatic rings. The molecule has 0 radical (unpaired) electrons. The largest absolute Gasteiger partial charge is 0.383 e. The monoisotopic (exact) mass is 288 g/mol. The number of nitrogens with two attached hydrogens (primary N) is 1. The lowest BCUT2D eigenvalue weighted by Crippen LogP contribution is -2.27. The second-order valence-corrected chi connectivity index (χ2v) is 5.96. The van der Waals surface area contributed by atoms with E-state index in [1.165, 1.54) is 25.4 Å². The van der Waals surface area contributed by atoms with Gasteiger partial charge in [-0.25, -0.2) is 13.4 Å². The average molecular weight is 288 g/mol. The topological polar surface area (TPSA) is 100 Å². The van der Waals surface area contributed by atoms with Crippen molar-refractivity contribution in [2.75, 3.05) is 17.1 Å². The standard InChI is InChI=1S/C13H12N4O2S/c1-17(11-6-4-10(9-14)5-7-11)20(18,19)12-3-2-8-16-13(12)15/h2-8H,1H3,(H2,15,16). The molecule has 0 fully saturated rings. The summed E-state index contributed by atoms with van der Waals surface area (Å²) in [5.74, 6) is -0.0482. The Morgan fingerprint density at radius 3 is 2.45 bits per heavy atom. The van der Waals surface area contributed by atoms with E-state index in [9.17, 15) is 8.42 Å². The number of nitriles is 1. The predicted molar refractivity (Wildman–Crippen MR) is 75.4 cm³/mol. The first-order valence-corrected chi connectivity index (χ1v) is 7.10. The van der Waals surface area contributed by atoms with Crippen molar-refractivity contribution in [3.8, 4) is 6.07 Å². The van der Waals surface area contributed by atoms with Gasteiger partial charge < -0.3 is 5.73 Å². The van der Waals surface area contributed by atoms with Crippen LogP contribution in [-0.4, -0.2) is 20.4 Å². The molecule has 0 saturated heterocycles. The molecule has 20 heavy (non-hydrogen) atoms. The van der Waals surface area contributed by atoms with Crippen molar-refractivity contribution < 1.29 is 8.42 Å². The molecule has 0 bridgehead atoms. The van der Waals surface area contributed by atoms with Crippen molar-refractivity contribution >= 4 is 21.5 Å². The van der Waals surface area contributed by atoms with Crippen LogP contribution >= 0.6 is 0 Å². The van der Waals surface area contributed by atoms with Gasteiger partial charge in [-0.05, 0) is 36.4 Å². The highest BCUT2D eigenvalue weighted by atomic mass is 32.2. The first kappa shape index (κ1) is 13.8. The molecular formula is C13H12N4O2S. The average Bonchev–Trinajstić information content (AvgIpc) is 2.47. The Bertz CT molecular complexity index is 764. The summed E-state index contributed by atoms with van der Waals surface area (Å²) >= 11 is 0. The second kappa shape index (κ2) is 5.19. The van der Waals surface area contributed by atoms with Crippen LogP contribution < -0.4 is 10.0 Å². The maximum Gasteiger partial charge on any atom is 0.267 e. The van der Waals surface area contributed by atoms with E-state index in [0.29, 0.717) is 11.3 Å². The SMILES string of the molecule is CN(c1ccc(C#N)cc1)S(=O)(=O)c1cccnc1N. The zero-order valence-corrected chi connectivity index (χ0v) is 11.5. The van der Waals surface area contributed by atoms with Crippen LogP contribution in [0.25, 0.3) is 0 Å². The van der Waals surface area contributed by atoms with E-state index in [2.05, 4.69) is 4.98 Å². The van der Waals surface area contributed by atoms with Crippen molar-refractivity contribution in [2.45, 2.75) is 4.90 Å². The van der Waals surface area contributed by atoms with Gasteiger partial charge in [0.1, 0.15) is 10.7 Å². The number of rotatable bonds is 3. The summed E-state index contributed by atoms with van der Waals surface area (Å²) in [6, 6.07) is 11.1. The summed E-state index contributed by atoms with van der Waals surface area (Å²) in [5.41, 5.74) is 6.50. The van der Waals surface area contributed by atoms with Crippen LogP contribution in [0.15, 0.2) is 47.5 Å². The summed E-state index contributed by atoms with van der Waals surface area (Å²) in [7, 11) is -2.36. The maximum atomic E-state index is 12.4. The third-order valence-corrected chi connectivity index (χ3v) is 4.63. The summed E-state index contributed by atoms with van der Waals surface area (Å²) in [4.78, 5) is 3.73. The van der Waals surface area contributed by atoms with Crippen LogP contribution in [0.2, 0.25) is 0 Å². The fourth-order valence-electron chi connectivity index (χ4n) is 1.65. The fourth-order valence-corrected chi connectivity index (χ4v) is 2.91. The molecule has 0 aliphatic carbocycles. The third-order valence-electron chi connectivity index (χ3n) is 2.80. The number of aromatic nitrogens is 1. The van der Waals surface area contributed by atoms with E-state index in [1.807, 2.05) is 6.07 Å². The third kappa shape index (κ3) is 2.41. The molecule has 0 saturated carbocycles. The van der Waals surface area contributed by atoms with E-state index in [4.69, 9.17) is 11.0 Å². The molecule has 2 rings (SSSR count). The fraction of sp³-hybridized carbons (Fsp3) is 0.0769. The van der Waals surface area contributed by atoms with E-state index in [-0.39, 0.29) is 10.7 Å². The molecule has 0 aliphatic heterocycles. The minimum absolute atomic E-state index is 0.0482. The highest BCUT2D eigenvalue weighted by Gasteiger charge is 2.24. The van der Waals surface area contributed by atoms with Crippen LogP contribution in [0.3, 0.4) is 0 Å². The zero-order valence-electron chi connectivity index (χ0n) is 10.7. The van der Waals surface area contributed by atoms with E-state index in [0.717, 1.165) is 4.31 Å². The Morgan fingerprint density at radius 2 is 1.90 bits per heavy atom. The summed E-state index contributed by atoms with van der Waals surface area (Å²) < 4.78 is 26.0. The number of hydrogen-bond acceptors (Lipinski definition) is 5. The number of pyridine rings is 1. The lowest BCUT2D eigenvalue weighted by molar-refractivity contribution is 0.594. The number of anilines is 2. The summed E-state index contributed by atoms with van der Waals surface area (Å²) in [6.07, 6.45) is 1.43. The van der Waals surface area contributed by atoms with Gasteiger partial charge in [-0.3, -0.25) is 4.31 Å². The van der Waals surface area contributed by atoms with E-state index >= 15 is 0 Å². The lowest BCUT2D eigenvalue weighted by atomic mass is 10.2. The van der Waals surface area contributed by atoms with Gasteiger partial charge in [0, 0.05) is 13.2 Å². The highest BCUT2D eigenvalue weighted by molar-refractivity contribution is 7.93. The first-order valence-electron chi connectivity index (χ1n) is 5.66. The second-order valence-electron chi connectivity index (χ2n) is 4.02. The van der Waals surface area contributed by atoms with Crippen molar-refractivity contribution in [1.82, 2.24) is 4.98 Å². The van der Waals surface area contributed by atoms with Gasteiger partial charge in [0.2, 0.25) is 0 Å². The predicted octanol–water partition coefficient (Wildman–Crippen LogP) is 1.36. The molecule has 1 heterocycles. The van der Waals surface area contributed by atoms with Crippen molar-refractivity contribution in [2.24, 2.45) is 0 Å². The Hall–Kier alpha value is -2.59. The smallest absolute Gasteiger partial charge is 0.267 e.